The molecule has 2 rings (SSSR count). The van der Waals surface area contributed by atoms with Crippen molar-refractivity contribution in [3.8, 4) is 0 Å². The number of carbonyl (C=O) groups excluding carboxylic acids is 1. The number of hydrogen-bond donors (Lipinski definition) is 3. The van der Waals surface area contributed by atoms with Crippen LogP contribution in [0, 0.1) is 13.8 Å². The molecule has 3 N–H and O–H groups in total. The summed E-state index contributed by atoms with van der Waals surface area (Å²) in [6, 6.07) is 9.59. The number of amides is 2. The van der Waals surface area contributed by atoms with E-state index in [0.717, 1.165) is 0 Å². The average molecular weight is 450 g/mol. The topological polar surface area (TPSA) is 131 Å². The monoisotopic (exact) mass is 449 g/mol. The van der Waals surface area contributed by atoms with E-state index in [0.29, 0.717) is 30.9 Å². The smallest absolute Gasteiger partial charge is 0.336 e. The van der Waals surface area contributed by atoms with Crippen LogP contribution in [0.1, 0.15) is 21.5 Å². The van der Waals surface area contributed by atoms with Gasteiger partial charge in [-0.25, -0.2) is 22.7 Å². The van der Waals surface area contributed by atoms with Crippen molar-refractivity contribution in [2.24, 2.45) is 0 Å². The molecule has 0 heterocycles. The van der Waals surface area contributed by atoms with Gasteiger partial charge in [-0.05, 0) is 49.6 Å². The van der Waals surface area contributed by atoms with E-state index < -0.39 is 22.0 Å². The highest BCUT2D eigenvalue weighted by molar-refractivity contribution is 7.90. The van der Waals surface area contributed by atoms with E-state index >= 15 is 0 Å². The molecule has 0 aromatic heterocycles. The number of hydrogen-bond acceptors (Lipinski definition) is 6. The second kappa shape index (κ2) is 11.4. The van der Waals surface area contributed by atoms with E-state index in [1.807, 2.05) is 4.72 Å². The van der Waals surface area contributed by atoms with E-state index in [2.05, 4.69) is 12.2 Å². The summed E-state index contributed by atoms with van der Waals surface area (Å²) in [4.78, 5) is 24.0. The van der Waals surface area contributed by atoms with Crippen molar-refractivity contribution in [3.05, 3.63) is 66.1 Å². The maximum absolute atomic E-state index is 12.5. The third-order valence-corrected chi connectivity index (χ3v) is 5.77. The number of carbonyl (C=O) groups is 2. The Kier molecular flexibility index (Phi) is 8.98. The molecule has 167 valence electrons. The van der Waals surface area contributed by atoms with Gasteiger partial charge in [-0.15, -0.1) is 0 Å². The standard InChI is InChI=1S/C21H25N2O7S/c1-3-29-13-14-30-12-11-16-17(20(24)25)8-6-9-18(16)22-21(26)23-31(27,28)19-10-5-4-7-15(19)2/h4-10H,1,3,11-14H2,2H3,(H,24,25)(H2,22,23,26). The number of carboxylic acid groups (broad SMARTS) is 1. The fraction of sp³-hybridized carbons (Fsp3) is 0.286. The molecule has 9 nitrogen and oxygen atoms in total. The Morgan fingerprint density at radius 2 is 1.74 bits per heavy atom. The molecule has 0 aliphatic rings. The van der Waals surface area contributed by atoms with Crippen molar-refractivity contribution in [2.75, 3.05) is 31.7 Å². The Morgan fingerprint density at radius 1 is 1.03 bits per heavy atom. The predicted molar refractivity (Wildman–Crippen MR) is 115 cm³/mol. The lowest BCUT2D eigenvalue weighted by atomic mass is 10.0. The highest BCUT2D eigenvalue weighted by Crippen LogP contribution is 2.22. The Labute approximate surface area is 181 Å². The van der Waals surface area contributed by atoms with Crippen LogP contribution in [0.25, 0.3) is 0 Å². The first kappa shape index (κ1) is 24.3. The minimum absolute atomic E-state index is 0.0165. The zero-order valence-corrected chi connectivity index (χ0v) is 17.9. The van der Waals surface area contributed by atoms with Crippen LogP contribution < -0.4 is 10.0 Å². The Bertz CT molecular complexity index is 1020. The number of carboxylic acids is 1. The third-order valence-electron chi connectivity index (χ3n) is 4.28. The molecule has 0 aliphatic carbocycles. The molecule has 10 heteroatoms. The quantitative estimate of drug-likeness (QED) is 0.449. The lowest BCUT2D eigenvalue weighted by Crippen LogP contribution is -2.35. The summed E-state index contributed by atoms with van der Waals surface area (Å²) in [5, 5.41) is 11.9. The third kappa shape index (κ3) is 7.06. The normalized spacial score (nSPS) is 11.2. The zero-order chi connectivity index (χ0) is 22.9. The van der Waals surface area contributed by atoms with E-state index in [4.69, 9.17) is 9.47 Å². The predicted octanol–water partition coefficient (Wildman–Crippen LogP) is 2.61. The van der Waals surface area contributed by atoms with Crippen LogP contribution in [0.3, 0.4) is 0 Å². The number of rotatable bonds is 11. The van der Waals surface area contributed by atoms with Crippen LogP contribution in [-0.2, 0) is 25.9 Å². The molecule has 0 aliphatic heterocycles. The maximum Gasteiger partial charge on any atom is 0.336 e. The fourth-order valence-corrected chi connectivity index (χ4v) is 4.01. The molecule has 2 amide bonds. The Hall–Kier alpha value is -2.95. The van der Waals surface area contributed by atoms with Crippen molar-refractivity contribution in [2.45, 2.75) is 18.2 Å². The number of anilines is 1. The van der Waals surface area contributed by atoms with Gasteiger partial charge in [-0.3, -0.25) is 0 Å². The minimum atomic E-state index is -4.10. The number of nitrogens with one attached hydrogen (secondary N) is 2. The SMILES string of the molecule is [CH2]COCCOCCc1c(NC(=O)NS(=O)(=O)c2ccccc2C)cccc1C(=O)O. The molecule has 0 bridgehead atoms. The molecule has 0 saturated carbocycles. The fourth-order valence-electron chi connectivity index (χ4n) is 2.85. The van der Waals surface area contributed by atoms with Gasteiger partial charge in [0, 0.05) is 12.3 Å². The molecule has 2 aromatic carbocycles. The minimum Gasteiger partial charge on any atom is -0.478 e. The maximum atomic E-state index is 12.5. The van der Waals surface area contributed by atoms with Gasteiger partial charge in [0.05, 0.1) is 30.3 Å². The Morgan fingerprint density at radius 3 is 2.42 bits per heavy atom. The van der Waals surface area contributed by atoms with Crippen LogP contribution in [0.2, 0.25) is 0 Å². The first-order valence-electron chi connectivity index (χ1n) is 9.45. The number of aromatic carboxylic acids is 1. The second-order valence-corrected chi connectivity index (χ2v) is 8.09. The number of aryl methyl sites for hydroxylation is 1. The lowest BCUT2D eigenvalue weighted by molar-refractivity contribution is 0.0588. The molecule has 0 atom stereocenters. The van der Waals surface area contributed by atoms with Gasteiger partial charge in [0.15, 0.2) is 0 Å². The van der Waals surface area contributed by atoms with Gasteiger partial charge in [0.2, 0.25) is 0 Å². The van der Waals surface area contributed by atoms with Crippen LogP contribution in [0.4, 0.5) is 10.5 Å². The zero-order valence-electron chi connectivity index (χ0n) is 17.1. The number of ether oxygens (including phenoxy) is 2. The molecule has 31 heavy (non-hydrogen) atoms. The van der Waals surface area contributed by atoms with Crippen molar-refractivity contribution < 1.29 is 32.6 Å². The van der Waals surface area contributed by atoms with Gasteiger partial charge < -0.3 is 19.9 Å². The summed E-state index contributed by atoms with van der Waals surface area (Å²) in [5.41, 5.74) is 0.958. The van der Waals surface area contributed by atoms with Gasteiger partial charge in [-0.2, -0.15) is 0 Å². The molecule has 0 saturated heterocycles. The summed E-state index contributed by atoms with van der Waals surface area (Å²) in [6.07, 6.45) is 0.188. The summed E-state index contributed by atoms with van der Waals surface area (Å²) < 4.78 is 37.4. The van der Waals surface area contributed by atoms with Gasteiger partial charge in [-0.1, -0.05) is 24.3 Å². The average Bonchev–Trinajstić information content (AvgIpc) is 2.71. The molecule has 0 fully saturated rings. The molecule has 0 unspecified atom stereocenters. The van der Waals surface area contributed by atoms with Crippen molar-refractivity contribution in [3.63, 3.8) is 0 Å². The molecular weight excluding hydrogens is 424 g/mol. The van der Waals surface area contributed by atoms with Gasteiger partial charge in [0.25, 0.3) is 10.0 Å². The summed E-state index contributed by atoms with van der Waals surface area (Å²) in [5.74, 6) is -1.17. The van der Waals surface area contributed by atoms with Gasteiger partial charge in [0.1, 0.15) is 0 Å². The summed E-state index contributed by atoms with van der Waals surface area (Å²) >= 11 is 0. The Balaban J connectivity index is 2.14. The first-order valence-corrected chi connectivity index (χ1v) is 10.9. The van der Waals surface area contributed by atoms with E-state index in [1.165, 1.54) is 24.3 Å². The van der Waals surface area contributed by atoms with Crippen LogP contribution >= 0.6 is 0 Å². The van der Waals surface area contributed by atoms with Crippen molar-refractivity contribution in [1.82, 2.24) is 4.72 Å². The number of sulfonamides is 1. The van der Waals surface area contributed by atoms with E-state index in [-0.39, 0.29) is 29.2 Å². The van der Waals surface area contributed by atoms with Gasteiger partial charge >= 0.3 is 12.0 Å². The highest BCUT2D eigenvalue weighted by Gasteiger charge is 2.21. The summed E-state index contributed by atoms with van der Waals surface area (Å²) in [7, 11) is -4.10. The second-order valence-electron chi connectivity index (χ2n) is 6.44. The molecular formula is C21H25N2O7S. The highest BCUT2D eigenvalue weighted by atomic mass is 32.2. The largest absolute Gasteiger partial charge is 0.478 e. The van der Waals surface area contributed by atoms with Crippen molar-refractivity contribution >= 4 is 27.7 Å². The first-order chi connectivity index (χ1) is 14.8. The number of benzene rings is 2. The van der Waals surface area contributed by atoms with Crippen LogP contribution in [-0.4, -0.2) is 52.0 Å². The summed E-state index contributed by atoms with van der Waals surface area (Å²) in [6.45, 7) is 6.32. The van der Waals surface area contributed by atoms with Crippen LogP contribution in [0.15, 0.2) is 47.4 Å². The number of urea groups is 1. The molecule has 1 radical (unpaired) electrons. The van der Waals surface area contributed by atoms with Crippen LogP contribution in [0.5, 0.6) is 0 Å². The van der Waals surface area contributed by atoms with E-state index in [9.17, 15) is 23.1 Å². The van der Waals surface area contributed by atoms with E-state index in [1.54, 1.807) is 25.1 Å². The molecule has 2 aromatic rings. The van der Waals surface area contributed by atoms with Crippen molar-refractivity contribution in [1.29, 1.82) is 0 Å². The molecule has 0 spiro atoms. The lowest BCUT2D eigenvalue weighted by Gasteiger charge is -2.15.